The molecule has 3 heteroatoms. The van der Waals surface area contributed by atoms with Crippen molar-refractivity contribution >= 4 is 0 Å². The monoisotopic (exact) mass is 225 g/mol. The Bertz CT molecular complexity index is 358. The molecule has 0 saturated heterocycles. The maximum absolute atomic E-state index is 13.5. The van der Waals surface area contributed by atoms with Gasteiger partial charge in [0.25, 0.3) is 0 Å². The van der Waals surface area contributed by atoms with Crippen molar-refractivity contribution in [3.8, 4) is 0 Å². The number of benzene rings is 1. The first kappa shape index (κ1) is 11.5. The Labute approximate surface area is 94.7 Å². The Morgan fingerprint density at radius 3 is 2.38 bits per heavy atom. The molecule has 2 N–H and O–H groups in total. The molecular weight excluding hydrogens is 208 g/mol. The first-order valence-corrected chi connectivity index (χ1v) is 5.79. The Hall–Kier alpha value is -0.960. The molecule has 2 rings (SSSR count). The van der Waals surface area contributed by atoms with Crippen LogP contribution in [0.3, 0.4) is 0 Å². The number of rotatable bonds is 2. The van der Waals surface area contributed by atoms with E-state index in [-0.39, 0.29) is 11.5 Å². The zero-order valence-electron chi connectivity index (χ0n) is 9.42. The van der Waals surface area contributed by atoms with Crippen LogP contribution in [0.5, 0.6) is 0 Å². The van der Waals surface area contributed by atoms with E-state index >= 15 is 0 Å². The molecule has 0 aliphatic heterocycles. The van der Waals surface area contributed by atoms with E-state index in [0.29, 0.717) is 5.92 Å². The molecule has 1 aromatic carbocycles. The van der Waals surface area contributed by atoms with E-state index in [9.17, 15) is 8.78 Å². The molecule has 1 fully saturated rings. The van der Waals surface area contributed by atoms with Gasteiger partial charge in [-0.15, -0.1) is 0 Å². The molecule has 1 aliphatic carbocycles. The summed E-state index contributed by atoms with van der Waals surface area (Å²) in [6, 6.07) is 3.41. The van der Waals surface area contributed by atoms with Crippen LogP contribution in [0.2, 0.25) is 0 Å². The molecule has 1 aromatic rings. The van der Waals surface area contributed by atoms with E-state index in [0.717, 1.165) is 19.3 Å². The highest BCUT2D eigenvalue weighted by Gasteiger charge is 2.30. The lowest BCUT2D eigenvalue weighted by Gasteiger charge is -2.20. The zero-order valence-corrected chi connectivity index (χ0v) is 9.42. The molecule has 3 unspecified atom stereocenters. The van der Waals surface area contributed by atoms with Crippen LogP contribution >= 0.6 is 0 Å². The first-order valence-electron chi connectivity index (χ1n) is 5.79. The smallest absolute Gasteiger partial charge is 0.130 e. The lowest BCUT2D eigenvalue weighted by Crippen LogP contribution is -2.22. The predicted molar refractivity (Wildman–Crippen MR) is 59.8 cm³/mol. The molecule has 3 atom stereocenters. The Morgan fingerprint density at radius 1 is 1.25 bits per heavy atom. The van der Waals surface area contributed by atoms with Crippen molar-refractivity contribution in [3.63, 3.8) is 0 Å². The minimum absolute atomic E-state index is 0.0570. The highest BCUT2D eigenvalue weighted by Crippen LogP contribution is 2.38. The van der Waals surface area contributed by atoms with Gasteiger partial charge in [-0.2, -0.15) is 0 Å². The van der Waals surface area contributed by atoms with Crippen LogP contribution in [-0.2, 0) is 0 Å². The van der Waals surface area contributed by atoms with Gasteiger partial charge in [0.05, 0.1) is 0 Å². The fourth-order valence-electron chi connectivity index (χ4n) is 2.64. The number of hydrogen-bond acceptors (Lipinski definition) is 1. The van der Waals surface area contributed by atoms with Crippen LogP contribution in [0.15, 0.2) is 18.2 Å². The van der Waals surface area contributed by atoms with Gasteiger partial charge in [0.15, 0.2) is 0 Å². The lowest BCUT2D eigenvalue weighted by molar-refractivity contribution is 0.399. The second-order valence-corrected chi connectivity index (χ2v) is 4.84. The van der Waals surface area contributed by atoms with E-state index in [1.54, 1.807) is 0 Å². The summed E-state index contributed by atoms with van der Waals surface area (Å²) >= 11 is 0. The van der Waals surface area contributed by atoms with Crippen molar-refractivity contribution < 1.29 is 8.78 Å². The molecule has 0 heterocycles. The molecule has 0 bridgehead atoms. The third-order valence-electron chi connectivity index (χ3n) is 3.58. The Kier molecular flexibility index (Phi) is 3.24. The summed E-state index contributed by atoms with van der Waals surface area (Å²) in [6.07, 6.45) is 3.04. The Balaban J connectivity index is 2.23. The topological polar surface area (TPSA) is 26.0 Å². The molecule has 1 saturated carbocycles. The minimum Gasteiger partial charge on any atom is -0.324 e. The molecule has 1 nitrogen and oxygen atoms in total. The van der Waals surface area contributed by atoms with Crippen molar-refractivity contribution in [2.75, 3.05) is 0 Å². The van der Waals surface area contributed by atoms with Crippen molar-refractivity contribution in [1.29, 1.82) is 0 Å². The highest BCUT2D eigenvalue weighted by molar-refractivity contribution is 5.23. The fraction of sp³-hybridized carbons (Fsp3) is 0.538. The van der Waals surface area contributed by atoms with Gasteiger partial charge >= 0.3 is 0 Å². The second-order valence-electron chi connectivity index (χ2n) is 4.84. The molecule has 1 aliphatic rings. The summed E-state index contributed by atoms with van der Waals surface area (Å²) in [5.41, 5.74) is 6.04. The third kappa shape index (κ3) is 2.09. The summed E-state index contributed by atoms with van der Waals surface area (Å²) in [5.74, 6) is -0.216. The van der Waals surface area contributed by atoms with E-state index in [4.69, 9.17) is 5.73 Å². The van der Waals surface area contributed by atoms with Gasteiger partial charge in [-0.05, 0) is 36.8 Å². The molecule has 0 spiro atoms. The van der Waals surface area contributed by atoms with E-state index < -0.39 is 17.7 Å². The summed E-state index contributed by atoms with van der Waals surface area (Å²) in [5, 5.41) is 0. The maximum Gasteiger partial charge on any atom is 0.130 e. The molecule has 88 valence electrons. The quantitative estimate of drug-likeness (QED) is 0.820. The third-order valence-corrected chi connectivity index (χ3v) is 3.58. The average molecular weight is 225 g/mol. The van der Waals surface area contributed by atoms with Gasteiger partial charge in [0.1, 0.15) is 11.6 Å². The second kappa shape index (κ2) is 4.50. The van der Waals surface area contributed by atoms with Crippen molar-refractivity contribution in [1.82, 2.24) is 0 Å². The standard InChI is InChI=1S/C13H17F2N/c1-8-5-6-9(7-8)13(16)12-10(14)3-2-4-11(12)15/h2-4,8-9,13H,5-7,16H2,1H3. The fourth-order valence-corrected chi connectivity index (χ4v) is 2.64. The van der Waals surface area contributed by atoms with Crippen LogP contribution < -0.4 is 5.73 Å². The largest absolute Gasteiger partial charge is 0.324 e. The summed E-state index contributed by atoms with van der Waals surface area (Å²) in [4.78, 5) is 0. The highest BCUT2D eigenvalue weighted by atomic mass is 19.1. The molecule has 0 aromatic heterocycles. The predicted octanol–water partition coefficient (Wildman–Crippen LogP) is 3.40. The average Bonchev–Trinajstić information content (AvgIpc) is 2.64. The van der Waals surface area contributed by atoms with Gasteiger partial charge in [0, 0.05) is 11.6 Å². The van der Waals surface area contributed by atoms with Crippen LogP contribution in [0, 0.1) is 23.5 Å². The van der Waals surface area contributed by atoms with Crippen molar-refractivity contribution in [2.24, 2.45) is 17.6 Å². The van der Waals surface area contributed by atoms with Gasteiger partial charge < -0.3 is 5.73 Å². The SMILES string of the molecule is CC1CCC(C(N)c2c(F)cccc2F)C1. The van der Waals surface area contributed by atoms with E-state index in [2.05, 4.69) is 6.92 Å². The lowest BCUT2D eigenvalue weighted by atomic mass is 9.91. The molecule has 0 radical (unpaired) electrons. The minimum atomic E-state index is -0.521. The van der Waals surface area contributed by atoms with Crippen LogP contribution in [0.25, 0.3) is 0 Å². The maximum atomic E-state index is 13.5. The molecular formula is C13H17F2N. The number of halogens is 2. The summed E-state index contributed by atoms with van der Waals surface area (Å²) < 4.78 is 27.1. The van der Waals surface area contributed by atoms with Crippen molar-refractivity contribution in [2.45, 2.75) is 32.2 Å². The normalized spacial score (nSPS) is 27.0. The first-order chi connectivity index (χ1) is 7.59. The zero-order chi connectivity index (χ0) is 11.7. The van der Waals surface area contributed by atoms with Gasteiger partial charge in [-0.25, -0.2) is 8.78 Å². The number of nitrogens with two attached hydrogens (primary N) is 1. The summed E-state index contributed by atoms with van der Waals surface area (Å²) in [7, 11) is 0. The number of hydrogen-bond donors (Lipinski definition) is 1. The van der Waals surface area contributed by atoms with E-state index in [1.165, 1.54) is 18.2 Å². The summed E-state index contributed by atoms with van der Waals surface area (Å²) in [6.45, 7) is 2.16. The molecule has 16 heavy (non-hydrogen) atoms. The van der Waals surface area contributed by atoms with Crippen LogP contribution in [0.1, 0.15) is 37.8 Å². The van der Waals surface area contributed by atoms with Gasteiger partial charge in [0.2, 0.25) is 0 Å². The van der Waals surface area contributed by atoms with Crippen molar-refractivity contribution in [3.05, 3.63) is 35.4 Å². The van der Waals surface area contributed by atoms with Gasteiger partial charge in [-0.1, -0.05) is 19.4 Å². The van der Waals surface area contributed by atoms with Gasteiger partial charge in [-0.3, -0.25) is 0 Å². The van der Waals surface area contributed by atoms with Crippen LogP contribution in [-0.4, -0.2) is 0 Å². The van der Waals surface area contributed by atoms with Crippen LogP contribution in [0.4, 0.5) is 8.78 Å². The molecule has 0 amide bonds. The Morgan fingerprint density at radius 2 is 1.88 bits per heavy atom. The van der Waals surface area contributed by atoms with E-state index in [1.807, 2.05) is 0 Å².